The lowest BCUT2D eigenvalue weighted by atomic mass is 9.77. The van der Waals surface area contributed by atoms with Crippen molar-refractivity contribution in [2.45, 2.75) is 39.2 Å². The smallest absolute Gasteiger partial charge is 0.123 e. The zero-order chi connectivity index (χ0) is 12.3. The van der Waals surface area contributed by atoms with Crippen molar-refractivity contribution in [1.82, 2.24) is 5.32 Å². The second kappa shape index (κ2) is 5.54. The Labute approximate surface area is 104 Å². The van der Waals surface area contributed by atoms with Gasteiger partial charge in [0.25, 0.3) is 0 Å². The van der Waals surface area contributed by atoms with Crippen LogP contribution in [0.5, 0.6) is 5.75 Å². The molecule has 1 unspecified atom stereocenters. The zero-order valence-electron chi connectivity index (χ0n) is 11.1. The maximum atomic E-state index is 5.53. The van der Waals surface area contributed by atoms with Crippen molar-refractivity contribution in [2.24, 2.45) is 5.92 Å². The summed E-state index contributed by atoms with van der Waals surface area (Å²) < 4.78 is 5.53. The average Bonchev–Trinajstić information content (AvgIpc) is 2.26. The number of rotatable bonds is 5. The molecule has 1 saturated carbocycles. The molecule has 94 valence electrons. The van der Waals surface area contributed by atoms with E-state index in [1.165, 1.54) is 30.4 Å². The predicted molar refractivity (Wildman–Crippen MR) is 71.5 cm³/mol. The van der Waals surface area contributed by atoms with E-state index in [2.05, 4.69) is 37.4 Å². The minimum absolute atomic E-state index is 0.462. The molecule has 2 heteroatoms. The number of benzene rings is 1. The molecule has 0 spiro atoms. The van der Waals surface area contributed by atoms with E-state index in [0.717, 1.165) is 18.2 Å². The molecule has 2 nitrogen and oxygen atoms in total. The van der Waals surface area contributed by atoms with Gasteiger partial charge in [-0.2, -0.15) is 0 Å². The third kappa shape index (κ3) is 2.63. The van der Waals surface area contributed by atoms with Gasteiger partial charge in [0, 0.05) is 11.6 Å². The van der Waals surface area contributed by atoms with Gasteiger partial charge in [-0.15, -0.1) is 0 Å². The Morgan fingerprint density at radius 1 is 1.41 bits per heavy atom. The Morgan fingerprint density at radius 2 is 2.18 bits per heavy atom. The summed E-state index contributed by atoms with van der Waals surface area (Å²) in [5.41, 5.74) is 2.58. The number of aryl methyl sites for hydroxylation is 1. The van der Waals surface area contributed by atoms with Crippen LogP contribution in [0.1, 0.15) is 43.4 Å². The van der Waals surface area contributed by atoms with Crippen LogP contribution in [-0.4, -0.2) is 13.7 Å². The molecule has 1 fully saturated rings. The summed E-state index contributed by atoms with van der Waals surface area (Å²) in [7, 11) is 1.77. The average molecular weight is 233 g/mol. The molecule has 17 heavy (non-hydrogen) atoms. The molecule has 0 saturated heterocycles. The van der Waals surface area contributed by atoms with Crippen LogP contribution < -0.4 is 10.1 Å². The standard InChI is InChI=1S/C15H23NO/c1-4-16-15(12-6-5-7-12)13-9-8-11(2)10-14(13)17-3/h8-10,12,15-16H,4-7H2,1-3H3. The Bertz CT molecular complexity index is 371. The largest absolute Gasteiger partial charge is 0.496 e. The van der Waals surface area contributed by atoms with Gasteiger partial charge in [0.15, 0.2) is 0 Å². The predicted octanol–water partition coefficient (Wildman–Crippen LogP) is 3.45. The van der Waals surface area contributed by atoms with Crippen molar-refractivity contribution in [3.63, 3.8) is 0 Å². The molecule has 1 aromatic carbocycles. The van der Waals surface area contributed by atoms with Crippen LogP contribution in [0.2, 0.25) is 0 Å². The molecule has 0 aromatic heterocycles. The quantitative estimate of drug-likeness (QED) is 0.841. The first-order valence-corrected chi connectivity index (χ1v) is 6.64. The third-order valence-corrected chi connectivity index (χ3v) is 3.77. The van der Waals surface area contributed by atoms with Gasteiger partial charge in [0.05, 0.1) is 7.11 Å². The van der Waals surface area contributed by atoms with E-state index in [-0.39, 0.29) is 0 Å². The van der Waals surface area contributed by atoms with Gasteiger partial charge in [-0.05, 0) is 43.9 Å². The SMILES string of the molecule is CCNC(c1ccc(C)cc1OC)C1CCC1. The second-order valence-corrected chi connectivity index (χ2v) is 4.97. The van der Waals surface area contributed by atoms with E-state index in [1.807, 2.05) is 0 Å². The fourth-order valence-electron chi connectivity index (χ4n) is 2.60. The Hall–Kier alpha value is -1.02. The second-order valence-electron chi connectivity index (χ2n) is 4.97. The van der Waals surface area contributed by atoms with Crippen molar-refractivity contribution in [3.05, 3.63) is 29.3 Å². The number of nitrogens with one attached hydrogen (secondary N) is 1. The van der Waals surface area contributed by atoms with E-state index >= 15 is 0 Å². The summed E-state index contributed by atoms with van der Waals surface area (Å²) in [6.45, 7) is 5.29. The van der Waals surface area contributed by atoms with E-state index < -0.39 is 0 Å². The number of ether oxygens (including phenoxy) is 1. The number of hydrogen-bond acceptors (Lipinski definition) is 2. The molecular weight excluding hydrogens is 210 g/mol. The van der Waals surface area contributed by atoms with Crippen LogP contribution in [0.25, 0.3) is 0 Å². The van der Waals surface area contributed by atoms with Crippen molar-refractivity contribution >= 4 is 0 Å². The van der Waals surface area contributed by atoms with E-state index in [4.69, 9.17) is 4.74 Å². The molecular formula is C15H23NO. The lowest BCUT2D eigenvalue weighted by molar-refractivity contribution is 0.229. The van der Waals surface area contributed by atoms with Gasteiger partial charge in [0.2, 0.25) is 0 Å². The minimum Gasteiger partial charge on any atom is -0.496 e. The van der Waals surface area contributed by atoms with Crippen molar-refractivity contribution in [2.75, 3.05) is 13.7 Å². The van der Waals surface area contributed by atoms with Crippen LogP contribution in [0.3, 0.4) is 0 Å². The molecule has 1 aliphatic carbocycles. The molecule has 1 atom stereocenters. The minimum atomic E-state index is 0.462. The van der Waals surface area contributed by atoms with Crippen LogP contribution in [0.15, 0.2) is 18.2 Å². The fraction of sp³-hybridized carbons (Fsp3) is 0.600. The Kier molecular flexibility index (Phi) is 4.06. The molecule has 0 radical (unpaired) electrons. The molecule has 1 aromatic rings. The first-order chi connectivity index (χ1) is 8.26. The summed E-state index contributed by atoms with van der Waals surface area (Å²) in [5, 5.41) is 3.62. The van der Waals surface area contributed by atoms with Gasteiger partial charge >= 0.3 is 0 Å². The molecule has 0 aliphatic heterocycles. The maximum Gasteiger partial charge on any atom is 0.123 e. The van der Waals surface area contributed by atoms with Gasteiger partial charge < -0.3 is 10.1 Å². The summed E-state index contributed by atoms with van der Waals surface area (Å²) in [4.78, 5) is 0. The highest BCUT2D eigenvalue weighted by Crippen LogP contribution is 2.40. The molecule has 1 N–H and O–H groups in total. The summed E-state index contributed by atoms with van der Waals surface area (Å²) >= 11 is 0. The van der Waals surface area contributed by atoms with E-state index in [0.29, 0.717) is 6.04 Å². The lowest BCUT2D eigenvalue weighted by Crippen LogP contribution is -2.32. The Balaban J connectivity index is 2.27. The topological polar surface area (TPSA) is 21.3 Å². The monoisotopic (exact) mass is 233 g/mol. The Morgan fingerprint density at radius 3 is 2.71 bits per heavy atom. The maximum absolute atomic E-state index is 5.53. The molecule has 0 amide bonds. The van der Waals surface area contributed by atoms with Crippen LogP contribution in [0, 0.1) is 12.8 Å². The summed E-state index contributed by atoms with van der Waals surface area (Å²) in [6.07, 6.45) is 4.06. The summed E-state index contributed by atoms with van der Waals surface area (Å²) in [6, 6.07) is 7.00. The van der Waals surface area contributed by atoms with Crippen molar-refractivity contribution < 1.29 is 4.74 Å². The van der Waals surface area contributed by atoms with E-state index in [1.54, 1.807) is 7.11 Å². The highest BCUT2D eigenvalue weighted by Gasteiger charge is 2.29. The van der Waals surface area contributed by atoms with Gasteiger partial charge in [-0.1, -0.05) is 25.5 Å². The fourth-order valence-corrected chi connectivity index (χ4v) is 2.60. The first kappa shape index (κ1) is 12.4. The van der Waals surface area contributed by atoms with Gasteiger partial charge in [0.1, 0.15) is 5.75 Å². The summed E-state index contributed by atoms with van der Waals surface area (Å²) in [5.74, 6) is 1.81. The van der Waals surface area contributed by atoms with Gasteiger partial charge in [-0.3, -0.25) is 0 Å². The van der Waals surface area contributed by atoms with Crippen LogP contribution >= 0.6 is 0 Å². The molecule has 1 aliphatic rings. The van der Waals surface area contributed by atoms with Crippen LogP contribution in [-0.2, 0) is 0 Å². The highest BCUT2D eigenvalue weighted by molar-refractivity contribution is 5.39. The van der Waals surface area contributed by atoms with E-state index in [9.17, 15) is 0 Å². The molecule has 0 bridgehead atoms. The van der Waals surface area contributed by atoms with Crippen LogP contribution in [0.4, 0.5) is 0 Å². The number of hydrogen-bond donors (Lipinski definition) is 1. The zero-order valence-corrected chi connectivity index (χ0v) is 11.1. The van der Waals surface area contributed by atoms with Gasteiger partial charge in [-0.25, -0.2) is 0 Å². The highest BCUT2D eigenvalue weighted by atomic mass is 16.5. The molecule has 0 heterocycles. The molecule has 2 rings (SSSR count). The number of methoxy groups -OCH3 is 1. The van der Waals surface area contributed by atoms with Crippen molar-refractivity contribution in [1.29, 1.82) is 0 Å². The lowest BCUT2D eigenvalue weighted by Gasteiger charge is -2.35. The third-order valence-electron chi connectivity index (χ3n) is 3.77. The van der Waals surface area contributed by atoms with Crippen molar-refractivity contribution in [3.8, 4) is 5.75 Å². The first-order valence-electron chi connectivity index (χ1n) is 6.64. The normalized spacial score (nSPS) is 17.6.